The van der Waals surface area contributed by atoms with E-state index >= 15 is 0 Å². The van der Waals surface area contributed by atoms with Gasteiger partial charge in [0.15, 0.2) is 10.6 Å². The highest BCUT2D eigenvalue weighted by Crippen LogP contribution is 2.31. The van der Waals surface area contributed by atoms with Gasteiger partial charge < -0.3 is 0 Å². The molecule has 0 saturated heterocycles. The molecule has 1 saturated carbocycles. The Kier molecular flexibility index (Phi) is 4.36. The van der Waals surface area contributed by atoms with Gasteiger partial charge in [0.05, 0.1) is 4.88 Å². The van der Waals surface area contributed by atoms with Gasteiger partial charge in [-0.05, 0) is 41.9 Å². The van der Waals surface area contributed by atoms with E-state index in [1.807, 2.05) is 0 Å². The van der Waals surface area contributed by atoms with E-state index < -0.39 is 0 Å². The molecule has 5 heteroatoms. The summed E-state index contributed by atoms with van der Waals surface area (Å²) in [6.07, 6.45) is 6.75. The van der Waals surface area contributed by atoms with Crippen LogP contribution < -0.4 is 0 Å². The molecule has 108 valence electrons. The van der Waals surface area contributed by atoms with E-state index in [-0.39, 0.29) is 0 Å². The van der Waals surface area contributed by atoms with Crippen LogP contribution in [0.5, 0.6) is 0 Å². The molecule has 3 rings (SSSR count). The fourth-order valence-corrected chi connectivity index (χ4v) is 3.99. The largest absolute Gasteiger partial charge is 0.299 e. The van der Waals surface area contributed by atoms with Gasteiger partial charge in [-0.15, -0.1) is 11.3 Å². The standard InChI is InChI=1S/C15H21N3S2/c1-11-4-6-12(7-5-11)8-9-18-14(16-17-15(18)19)13-3-2-10-20-13/h2-3,10-12H,4-9H2,1H3,(H,17,19). The molecule has 2 aromatic rings. The number of H-pyrrole nitrogens is 1. The maximum atomic E-state index is 5.38. The minimum Gasteiger partial charge on any atom is -0.299 e. The number of hydrogen-bond acceptors (Lipinski definition) is 3. The zero-order valence-electron chi connectivity index (χ0n) is 11.8. The highest BCUT2D eigenvalue weighted by atomic mass is 32.1. The zero-order chi connectivity index (χ0) is 13.9. The van der Waals surface area contributed by atoms with E-state index in [1.54, 1.807) is 11.3 Å². The van der Waals surface area contributed by atoms with Gasteiger partial charge in [-0.1, -0.05) is 38.7 Å². The van der Waals surface area contributed by atoms with Crippen molar-refractivity contribution in [1.29, 1.82) is 0 Å². The lowest BCUT2D eigenvalue weighted by molar-refractivity contribution is 0.269. The molecule has 1 fully saturated rings. The Balaban J connectivity index is 1.69. The zero-order valence-corrected chi connectivity index (χ0v) is 13.5. The second-order valence-corrected chi connectivity index (χ2v) is 7.23. The van der Waals surface area contributed by atoms with E-state index in [0.29, 0.717) is 0 Å². The van der Waals surface area contributed by atoms with E-state index in [4.69, 9.17) is 12.2 Å². The van der Waals surface area contributed by atoms with E-state index in [0.717, 1.165) is 29.0 Å². The van der Waals surface area contributed by atoms with Crippen molar-refractivity contribution in [2.24, 2.45) is 11.8 Å². The summed E-state index contributed by atoms with van der Waals surface area (Å²) >= 11 is 7.10. The van der Waals surface area contributed by atoms with Crippen LogP contribution in [-0.4, -0.2) is 14.8 Å². The van der Waals surface area contributed by atoms with Crippen molar-refractivity contribution < 1.29 is 0 Å². The van der Waals surface area contributed by atoms with Gasteiger partial charge in [0.25, 0.3) is 0 Å². The molecule has 20 heavy (non-hydrogen) atoms. The molecule has 1 N–H and O–H groups in total. The summed E-state index contributed by atoms with van der Waals surface area (Å²) < 4.78 is 2.91. The number of rotatable bonds is 4. The number of hydrogen-bond donors (Lipinski definition) is 1. The summed E-state index contributed by atoms with van der Waals surface area (Å²) in [5.74, 6) is 2.78. The third-order valence-corrected chi connectivity index (χ3v) is 5.57. The molecule has 2 aromatic heterocycles. The van der Waals surface area contributed by atoms with Gasteiger partial charge in [0.2, 0.25) is 0 Å². The third-order valence-electron chi connectivity index (χ3n) is 4.40. The molecule has 1 aliphatic rings. The van der Waals surface area contributed by atoms with Crippen LogP contribution in [0.4, 0.5) is 0 Å². The van der Waals surface area contributed by atoms with E-state index in [1.165, 1.54) is 37.0 Å². The van der Waals surface area contributed by atoms with Crippen LogP contribution in [0.2, 0.25) is 0 Å². The van der Waals surface area contributed by atoms with Crippen LogP contribution in [0.25, 0.3) is 10.7 Å². The number of thiophene rings is 1. The van der Waals surface area contributed by atoms with Crippen molar-refractivity contribution in [3.63, 3.8) is 0 Å². The third kappa shape index (κ3) is 3.04. The van der Waals surface area contributed by atoms with E-state index in [9.17, 15) is 0 Å². The Hall–Kier alpha value is -0.940. The first-order chi connectivity index (χ1) is 9.74. The van der Waals surface area contributed by atoms with Crippen LogP contribution in [0.1, 0.15) is 39.0 Å². The maximum Gasteiger partial charge on any atom is 0.195 e. The van der Waals surface area contributed by atoms with Crippen molar-refractivity contribution in [1.82, 2.24) is 14.8 Å². The smallest absolute Gasteiger partial charge is 0.195 e. The predicted molar refractivity (Wildman–Crippen MR) is 86.5 cm³/mol. The van der Waals surface area contributed by atoms with Gasteiger partial charge >= 0.3 is 0 Å². The number of nitrogens with zero attached hydrogens (tertiary/aromatic N) is 2. The maximum absolute atomic E-state index is 5.38. The van der Waals surface area contributed by atoms with Crippen LogP contribution in [0, 0.1) is 16.6 Å². The van der Waals surface area contributed by atoms with Crippen molar-refractivity contribution in [3.05, 3.63) is 22.3 Å². The SMILES string of the molecule is CC1CCC(CCn2c(-c3cccs3)n[nH]c2=S)CC1. The van der Waals surface area contributed by atoms with Gasteiger partial charge in [-0.25, -0.2) is 0 Å². The molecule has 3 nitrogen and oxygen atoms in total. The van der Waals surface area contributed by atoms with Gasteiger partial charge in [0.1, 0.15) is 0 Å². The lowest BCUT2D eigenvalue weighted by Crippen LogP contribution is -2.14. The number of aromatic nitrogens is 3. The lowest BCUT2D eigenvalue weighted by Gasteiger charge is -2.26. The van der Waals surface area contributed by atoms with Crippen molar-refractivity contribution in [3.8, 4) is 10.7 Å². The van der Waals surface area contributed by atoms with Crippen LogP contribution in [0.3, 0.4) is 0 Å². The van der Waals surface area contributed by atoms with Crippen molar-refractivity contribution in [2.45, 2.75) is 45.6 Å². The monoisotopic (exact) mass is 307 g/mol. The van der Waals surface area contributed by atoms with Crippen LogP contribution in [-0.2, 0) is 6.54 Å². The van der Waals surface area contributed by atoms with Crippen LogP contribution in [0.15, 0.2) is 17.5 Å². The molecule has 0 bridgehead atoms. The minimum absolute atomic E-state index is 0.748. The second kappa shape index (κ2) is 6.22. The number of aromatic amines is 1. The molecule has 0 aliphatic heterocycles. The average molecular weight is 307 g/mol. The summed E-state index contributed by atoms with van der Waals surface area (Å²) in [6.45, 7) is 3.36. The summed E-state index contributed by atoms with van der Waals surface area (Å²) in [6, 6.07) is 4.17. The topological polar surface area (TPSA) is 33.6 Å². The predicted octanol–water partition coefficient (Wildman–Crippen LogP) is 4.89. The Morgan fingerprint density at radius 1 is 1.40 bits per heavy atom. The molecule has 2 heterocycles. The Bertz CT molecular complexity index is 589. The quantitative estimate of drug-likeness (QED) is 0.816. The molecule has 0 spiro atoms. The Morgan fingerprint density at radius 2 is 2.20 bits per heavy atom. The molecule has 0 unspecified atom stereocenters. The molecule has 0 radical (unpaired) electrons. The normalized spacial score (nSPS) is 23.1. The first-order valence-corrected chi connectivity index (χ1v) is 8.72. The molecular weight excluding hydrogens is 286 g/mol. The summed E-state index contributed by atoms with van der Waals surface area (Å²) in [4.78, 5) is 1.19. The summed E-state index contributed by atoms with van der Waals surface area (Å²) in [7, 11) is 0. The minimum atomic E-state index is 0.748. The first kappa shape index (κ1) is 14.0. The lowest BCUT2D eigenvalue weighted by atomic mass is 9.81. The highest BCUT2D eigenvalue weighted by molar-refractivity contribution is 7.71. The van der Waals surface area contributed by atoms with E-state index in [2.05, 4.69) is 39.2 Å². The molecule has 1 aliphatic carbocycles. The average Bonchev–Trinajstić information content (AvgIpc) is 3.08. The Labute approximate surface area is 129 Å². The summed E-state index contributed by atoms with van der Waals surface area (Å²) in [5.41, 5.74) is 0. The fraction of sp³-hybridized carbons (Fsp3) is 0.600. The van der Waals surface area contributed by atoms with Crippen LogP contribution >= 0.6 is 23.6 Å². The highest BCUT2D eigenvalue weighted by Gasteiger charge is 2.19. The first-order valence-electron chi connectivity index (χ1n) is 7.43. The Morgan fingerprint density at radius 3 is 2.90 bits per heavy atom. The molecular formula is C15H21N3S2. The summed E-state index contributed by atoms with van der Waals surface area (Å²) in [5, 5.41) is 9.42. The fourth-order valence-electron chi connectivity index (χ4n) is 3.05. The number of nitrogens with one attached hydrogen (secondary N) is 1. The van der Waals surface area contributed by atoms with Gasteiger partial charge in [-0.2, -0.15) is 5.10 Å². The van der Waals surface area contributed by atoms with Crippen molar-refractivity contribution in [2.75, 3.05) is 0 Å². The van der Waals surface area contributed by atoms with Gasteiger partial charge in [-0.3, -0.25) is 9.67 Å². The molecule has 0 atom stereocenters. The van der Waals surface area contributed by atoms with Crippen molar-refractivity contribution >= 4 is 23.6 Å². The second-order valence-electron chi connectivity index (χ2n) is 5.90. The van der Waals surface area contributed by atoms with Gasteiger partial charge in [0, 0.05) is 6.54 Å². The molecule has 0 aromatic carbocycles. The molecule has 0 amide bonds.